The van der Waals surface area contributed by atoms with Crippen molar-refractivity contribution in [2.45, 2.75) is 38.3 Å². The maximum Gasteiger partial charge on any atom is 0.161 e. The molecule has 6 heteroatoms. The van der Waals surface area contributed by atoms with Gasteiger partial charge in [0.05, 0.1) is 11.4 Å². The average Bonchev–Trinajstić information content (AvgIpc) is 3.33. The highest BCUT2D eigenvalue weighted by molar-refractivity contribution is 5.61. The van der Waals surface area contributed by atoms with Gasteiger partial charge in [-0.2, -0.15) is 10.2 Å². The van der Waals surface area contributed by atoms with Crippen molar-refractivity contribution < 1.29 is 0 Å². The summed E-state index contributed by atoms with van der Waals surface area (Å²) in [5.41, 5.74) is 6.11. The Morgan fingerprint density at radius 1 is 1.11 bits per heavy atom. The predicted molar refractivity (Wildman–Crippen MR) is 106 cm³/mol. The maximum atomic E-state index is 4.98. The molecule has 2 aromatic rings. The summed E-state index contributed by atoms with van der Waals surface area (Å²) in [6.07, 6.45) is 4.41. The molecule has 1 N–H and O–H groups in total. The number of nitrogens with zero attached hydrogens (tertiary/aromatic N) is 5. The van der Waals surface area contributed by atoms with Crippen molar-refractivity contribution in [2.24, 2.45) is 10.2 Å². The molecule has 1 aliphatic carbocycles. The van der Waals surface area contributed by atoms with E-state index >= 15 is 0 Å². The lowest BCUT2D eigenvalue weighted by Gasteiger charge is -2.27. The highest BCUT2D eigenvalue weighted by atomic mass is 15.2. The second kappa shape index (κ2) is 6.85. The third-order valence-corrected chi connectivity index (χ3v) is 5.71. The van der Waals surface area contributed by atoms with Crippen LogP contribution in [0, 0.1) is 0 Å². The normalized spacial score (nSPS) is 20.7. The Hall–Kier alpha value is -2.60. The van der Waals surface area contributed by atoms with Crippen LogP contribution < -0.4 is 10.2 Å². The molecule has 0 amide bonds. The first-order valence-corrected chi connectivity index (χ1v) is 9.79. The molecule has 0 saturated heterocycles. The van der Waals surface area contributed by atoms with Crippen LogP contribution in [0.1, 0.15) is 30.5 Å². The van der Waals surface area contributed by atoms with Crippen LogP contribution in [0.2, 0.25) is 0 Å². The number of benzene rings is 1. The molecule has 2 aliphatic heterocycles. The topological polar surface area (TPSA) is 65.8 Å². The number of nitrogens with one attached hydrogen (secondary N) is 1. The lowest BCUT2D eigenvalue weighted by molar-refractivity contribution is 0.618. The molecule has 3 heterocycles. The molecule has 5 rings (SSSR count). The summed E-state index contributed by atoms with van der Waals surface area (Å²) in [7, 11) is 2.13. The highest BCUT2D eigenvalue weighted by Crippen LogP contribution is 2.36. The largest absolute Gasteiger partial charge is 0.357 e. The molecule has 27 heavy (non-hydrogen) atoms. The minimum absolute atomic E-state index is 0.181. The lowest BCUT2D eigenvalue weighted by atomic mass is 10.0. The van der Waals surface area contributed by atoms with Crippen LogP contribution in [0.25, 0.3) is 11.4 Å². The third kappa shape index (κ3) is 3.04. The zero-order chi connectivity index (χ0) is 18.2. The lowest BCUT2D eigenvalue weighted by Crippen LogP contribution is -2.33. The SMILES string of the molecule is CN(C[C@H]1N=NC2=C1CCC2)c1nc(-c2ccccc2)nc2c1CCNC2. The van der Waals surface area contributed by atoms with Gasteiger partial charge >= 0.3 is 0 Å². The van der Waals surface area contributed by atoms with Crippen LogP contribution >= 0.6 is 0 Å². The number of aromatic nitrogens is 2. The smallest absolute Gasteiger partial charge is 0.161 e. The van der Waals surface area contributed by atoms with E-state index in [-0.39, 0.29) is 6.04 Å². The van der Waals surface area contributed by atoms with Crippen LogP contribution in [0.4, 0.5) is 5.82 Å². The van der Waals surface area contributed by atoms with Crippen molar-refractivity contribution in [3.8, 4) is 11.4 Å². The van der Waals surface area contributed by atoms with Gasteiger partial charge in [-0.1, -0.05) is 30.3 Å². The molecule has 0 saturated carbocycles. The van der Waals surface area contributed by atoms with Crippen LogP contribution in [0.15, 0.2) is 51.8 Å². The summed E-state index contributed by atoms with van der Waals surface area (Å²) in [6, 6.07) is 10.4. The van der Waals surface area contributed by atoms with Gasteiger partial charge in [0.1, 0.15) is 11.9 Å². The Bertz CT molecular complexity index is 918. The average molecular weight is 360 g/mol. The van der Waals surface area contributed by atoms with Gasteiger partial charge in [0.25, 0.3) is 0 Å². The number of rotatable bonds is 4. The molecular weight excluding hydrogens is 336 g/mol. The Kier molecular flexibility index (Phi) is 4.20. The van der Waals surface area contributed by atoms with E-state index in [1.807, 2.05) is 18.2 Å². The Labute approximate surface area is 159 Å². The summed E-state index contributed by atoms with van der Waals surface area (Å²) >= 11 is 0. The van der Waals surface area contributed by atoms with Crippen molar-refractivity contribution in [3.63, 3.8) is 0 Å². The zero-order valence-corrected chi connectivity index (χ0v) is 15.6. The number of allylic oxidation sites excluding steroid dienone is 1. The first kappa shape index (κ1) is 16.6. The molecule has 0 bridgehead atoms. The van der Waals surface area contributed by atoms with E-state index in [9.17, 15) is 0 Å². The van der Waals surface area contributed by atoms with Gasteiger partial charge in [-0.15, -0.1) is 0 Å². The van der Waals surface area contributed by atoms with Gasteiger partial charge in [0.15, 0.2) is 5.82 Å². The van der Waals surface area contributed by atoms with Crippen LogP contribution in [-0.2, 0) is 13.0 Å². The van der Waals surface area contributed by atoms with Gasteiger partial charge in [-0.3, -0.25) is 0 Å². The van der Waals surface area contributed by atoms with Gasteiger partial charge in [0, 0.05) is 31.3 Å². The van der Waals surface area contributed by atoms with E-state index in [0.717, 1.165) is 61.8 Å². The first-order valence-electron chi connectivity index (χ1n) is 9.79. The highest BCUT2D eigenvalue weighted by Gasteiger charge is 2.30. The molecule has 0 unspecified atom stereocenters. The number of fused-ring (bicyclic) bond motifs is 1. The fourth-order valence-electron chi connectivity index (χ4n) is 4.30. The second-order valence-electron chi connectivity index (χ2n) is 7.53. The monoisotopic (exact) mass is 360 g/mol. The molecule has 1 aromatic carbocycles. The molecule has 1 atom stereocenters. The molecule has 3 aliphatic rings. The Balaban J connectivity index is 1.49. The first-order chi connectivity index (χ1) is 13.3. The standard InChI is InChI=1S/C21H24N6/c1-27(13-19-15-8-5-9-17(15)25-26-19)21-16-10-11-22-12-18(16)23-20(24-21)14-6-3-2-4-7-14/h2-4,6-7,19,22H,5,8-13H2,1H3/t19-/m1/s1. The molecule has 138 valence electrons. The van der Waals surface area contributed by atoms with E-state index in [1.54, 1.807) is 0 Å². The van der Waals surface area contributed by atoms with E-state index in [4.69, 9.17) is 9.97 Å². The van der Waals surface area contributed by atoms with Crippen molar-refractivity contribution in [1.82, 2.24) is 15.3 Å². The fraction of sp³-hybridized carbons (Fsp3) is 0.429. The minimum atomic E-state index is 0.181. The van der Waals surface area contributed by atoms with E-state index < -0.39 is 0 Å². The quantitative estimate of drug-likeness (QED) is 0.906. The summed E-state index contributed by atoms with van der Waals surface area (Å²) in [5.74, 6) is 1.84. The van der Waals surface area contributed by atoms with Gasteiger partial charge < -0.3 is 10.2 Å². The number of anilines is 1. The number of likely N-dealkylation sites (N-methyl/N-ethyl adjacent to an activating group) is 1. The maximum absolute atomic E-state index is 4.98. The Morgan fingerprint density at radius 2 is 2.00 bits per heavy atom. The molecule has 0 radical (unpaired) electrons. The summed E-state index contributed by atoms with van der Waals surface area (Å²) in [4.78, 5) is 12.1. The molecule has 1 aromatic heterocycles. The molecule has 0 fully saturated rings. The van der Waals surface area contributed by atoms with Gasteiger partial charge in [0.2, 0.25) is 0 Å². The van der Waals surface area contributed by atoms with E-state index in [2.05, 4.69) is 39.6 Å². The summed E-state index contributed by atoms with van der Waals surface area (Å²) < 4.78 is 0. The van der Waals surface area contributed by atoms with Gasteiger partial charge in [-0.25, -0.2) is 9.97 Å². The molecule has 6 nitrogen and oxygen atoms in total. The third-order valence-electron chi connectivity index (χ3n) is 5.71. The van der Waals surface area contributed by atoms with Crippen molar-refractivity contribution in [1.29, 1.82) is 0 Å². The Morgan fingerprint density at radius 3 is 2.89 bits per heavy atom. The zero-order valence-electron chi connectivity index (χ0n) is 15.6. The summed E-state index contributed by atoms with van der Waals surface area (Å²) in [6.45, 7) is 2.60. The second-order valence-corrected chi connectivity index (χ2v) is 7.53. The predicted octanol–water partition coefficient (Wildman–Crippen LogP) is 3.50. The van der Waals surface area contributed by atoms with Crippen LogP contribution in [-0.4, -0.2) is 36.1 Å². The number of hydrogen-bond acceptors (Lipinski definition) is 6. The summed E-state index contributed by atoms with van der Waals surface area (Å²) in [5, 5.41) is 12.4. The minimum Gasteiger partial charge on any atom is -0.357 e. The van der Waals surface area contributed by atoms with Crippen molar-refractivity contribution in [3.05, 3.63) is 52.9 Å². The molecule has 0 spiro atoms. The van der Waals surface area contributed by atoms with E-state index in [0.29, 0.717) is 0 Å². The molecular formula is C21H24N6. The number of hydrogen-bond donors (Lipinski definition) is 1. The fourth-order valence-corrected chi connectivity index (χ4v) is 4.30. The number of azo groups is 1. The van der Waals surface area contributed by atoms with Crippen molar-refractivity contribution in [2.75, 3.05) is 25.0 Å². The van der Waals surface area contributed by atoms with Crippen LogP contribution in [0.5, 0.6) is 0 Å². The van der Waals surface area contributed by atoms with Crippen LogP contribution in [0.3, 0.4) is 0 Å². The van der Waals surface area contributed by atoms with Crippen molar-refractivity contribution >= 4 is 5.82 Å². The van der Waals surface area contributed by atoms with E-state index in [1.165, 1.54) is 23.3 Å². The van der Waals surface area contributed by atoms with Gasteiger partial charge in [-0.05, 0) is 37.8 Å².